The van der Waals surface area contributed by atoms with Gasteiger partial charge in [-0.05, 0) is 37.1 Å². The minimum atomic E-state index is 1.12. The highest BCUT2D eigenvalue weighted by Gasteiger charge is 2.08. The summed E-state index contributed by atoms with van der Waals surface area (Å²) in [5, 5.41) is 1.13. The van der Waals surface area contributed by atoms with E-state index in [-0.39, 0.29) is 0 Å². The van der Waals surface area contributed by atoms with Gasteiger partial charge in [0.25, 0.3) is 0 Å². The molecule has 0 amide bonds. The summed E-state index contributed by atoms with van der Waals surface area (Å²) in [6.45, 7) is 4.19. The number of aryl methyl sites for hydroxylation is 2. The number of hydrogen-bond donors (Lipinski definition) is 0. The molecule has 17 heavy (non-hydrogen) atoms. The summed E-state index contributed by atoms with van der Waals surface area (Å²) in [7, 11) is 0. The Kier molecular flexibility index (Phi) is 2.45. The van der Waals surface area contributed by atoms with Gasteiger partial charge in [0.1, 0.15) is 0 Å². The second-order valence-electron chi connectivity index (χ2n) is 4.26. The highest BCUT2D eigenvalue weighted by atomic mass is 32.1. The summed E-state index contributed by atoms with van der Waals surface area (Å²) in [5.41, 5.74) is 4.95. The van der Waals surface area contributed by atoms with Crippen molar-refractivity contribution < 1.29 is 0 Å². The molecule has 2 aromatic carbocycles. The maximum absolute atomic E-state index is 4.58. The van der Waals surface area contributed by atoms with Gasteiger partial charge in [0, 0.05) is 5.56 Å². The predicted octanol–water partition coefficient (Wildman–Crippen LogP) is 4.58. The van der Waals surface area contributed by atoms with Gasteiger partial charge in [-0.15, -0.1) is 11.3 Å². The summed E-state index contributed by atoms with van der Waals surface area (Å²) in [6.07, 6.45) is 0. The van der Waals surface area contributed by atoms with Gasteiger partial charge in [0.05, 0.1) is 15.2 Å². The topological polar surface area (TPSA) is 12.9 Å². The average molecular weight is 239 g/mol. The fraction of sp³-hybridized carbons (Fsp3) is 0.133. The van der Waals surface area contributed by atoms with E-state index in [1.165, 1.54) is 21.4 Å². The zero-order valence-corrected chi connectivity index (χ0v) is 10.7. The number of nitrogens with zero attached hydrogens (tertiary/aromatic N) is 1. The van der Waals surface area contributed by atoms with E-state index < -0.39 is 0 Å². The van der Waals surface area contributed by atoms with Crippen molar-refractivity contribution in [2.45, 2.75) is 13.8 Å². The molecule has 1 aromatic heterocycles. The Labute approximate surface area is 105 Å². The molecule has 3 rings (SSSR count). The standard InChI is InChI=1S/C15H13NS/c1-10-8-13(12-6-4-3-5-7-12)15-14(9-10)16-11(2)17-15/h3-9H,1-2H3. The van der Waals surface area contributed by atoms with Gasteiger partial charge in [-0.3, -0.25) is 0 Å². The predicted molar refractivity (Wildman–Crippen MR) is 74.5 cm³/mol. The van der Waals surface area contributed by atoms with Gasteiger partial charge in [-0.2, -0.15) is 0 Å². The van der Waals surface area contributed by atoms with Crippen molar-refractivity contribution in [2.24, 2.45) is 0 Å². The van der Waals surface area contributed by atoms with Crippen LogP contribution in [0.1, 0.15) is 10.6 Å². The Morgan fingerprint density at radius 1 is 1.00 bits per heavy atom. The van der Waals surface area contributed by atoms with E-state index >= 15 is 0 Å². The fourth-order valence-corrected chi connectivity index (χ4v) is 3.05. The molecule has 0 bridgehead atoms. The van der Waals surface area contributed by atoms with Crippen molar-refractivity contribution >= 4 is 21.6 Å². The Bertz CT molecular complexity index is 668. The third kappa shape index (κ3) is 1.85. The Hall–Kier alpha value is -1.67. The van der Waals surface area contributed by atoms with Gasteiger partial charge in [-0.1, -0.05) is 30.3 Å². The molecule has 0 fully saturated rings. The van der Waals surface area contributed by atoms with E-state index in [0.717, 1.165) is 10.5 Å². The molecule has 84 valence electrons. The molecule has 0 unspecified atom stereocenters. The Balaban J connectivity index is 2.35. The molecule has 0 N–H and O–H groups in total. The van der Waals surface area contributed by atoms with Crippen LogP contribution in [0.25, 0.3) is 21.3 Å². The van der Waals surface area contributed by atoms with Crippen LogP contribution in [-0.2, 0) is 0 Å². The van der Waals surface area contributed by atoms with Crippen molar-refractivity contribution in [1.82, 2.24) is 4.98 Å². The molecule has 1 heterocycles. The van der Waals surface area contributed by atoms with Crippen LogP contribution in [0.5, 0.6) is 0 Å². The van der Waals surface area contributed by atoms with Crippen LogP contribution in [0, 0.1) is 13.8 Å². The van der Waals surface area contributed by atoms with Crippen LogP contribution in [0.2, 0.25) is 0 Å². The van der Waals surface area contributed by atoms with Crippen molar-refractivity contribution in [3.8, 4) is 11.1 Å². The molecule has 0 aliphatic heterocycles. The molecule has 0 atom stereocenters. The highest BCUT2D eigenvalue weighted by molar-refractivity contribution is 7.19. The lowest BCUT2D eigenvalue weighted by Crippen LogP contribution is -1.81. The number of fused-ring (bicyclic) bond motifs is 1. The zero-order chi connectivity index (χ0) is 11.8. The maximum Gasteiger partial charge on any atom is 0.0908 e. The van der Waals surface area contributed by atoms with E-state index in [0.29, 0.717) is 0 Å². The largest absolute Gasteiger partial charge is 0.241 e. The number of thiazole rings is 1. The van der Waals surface area contributed by atoms with E-state index in [1.807, 2.05) is 0 Å². The lowest BCUT2D eigenvalue weighted by Gasteiger charge is -2.04. The lowest BCUT2D eigenvalue weighted by molar-refractivity contribution is 1.34. The molecular formula is C15H13NS. The molecule has 0 aliphatic rings. The molecule has 0 saturated carbocycles. The van der Waals surface area contributed by atoms with E-state index in [1.54, 1.807) is 11.3 Å². The van der Waals surface area contributed by atoms with Crippen molar-refractivity contribution in [2.75, 3.05) is 0 Å². The van der Waals surface area contributed by atoms with Crippen LogP contribution in [0.3, 0.4) is 0 Å². The minimum Gasteiger partial charge on any atom is -0.241 e. The minimum absolute atomic E-state index is 1.12. The molecule has 0 saturated heterocycles. The summed E-state index contributed by atoms with van der Waals surface area (Å²) in [4.78, 5) is 4.58. The molecule has 2 heteroatoms. The number of benzene rings is 2. The van der Waals surface area contributed by atoms with Gasteiger partial charge < -0.3 is 0 Å². The lowest BCUT2D eigenvalue weighted by atomic mass is 10.0. The van der Waals surface area contributed by atoms with Crippen molar-refractivity contribution in [1.29, 1.82) is 0 Å². The molecular weight excluding hydrogens is 226 g/mol. The van der Waals surface area contributed by atoms with Crippen molar-refractivity contribution in [3.63, 3.8) is 0 Å². The third-order valence-electron chi connectivity index (χ3n) is 2.83. The first-order valence-electron chi connectivity index (χ1n) is 5.67. The molecule has 3 aromatic rings. The summed E-state index contributed by atoms with van der Waals surface area (Å²) in [6, 6.07) is 14.9. The van der Waals surface area contributed by atoms with Gasteiger partial charge in [-0.25, -0.2) is 4.98 Å². The van der Waals surface area contributed by atoms with Crippen LogP contribution < -0.4 is 0 Å². The smallest absolute Gasteiger partial charge is 0.0908 e. The van der Waals surface area contributed by atoms with Crippen LogP contribution >= 0.6 is 11.3 Å². The summed E-state index contributed by atoms with van der Waals surface area (Å²) < 4.78 is 1.29. The third-order valence-corrected chi connectivity index (χ3v) is 3.85. The average Bonchev–Trinajstić information content (AvgIpc) is 2.69. The molecule has 0 radical (unpaired) electrons. The van der Waals surface area contributed by atoms with Gasteiger partial charge >= 0.3 is 0 Å². The van der Waals surface area contributed by atoms with E-state index in [2.05, 4.69) is 61.3 Å². The number of rotatable bonds is 1. The van der Waals surface area contributed by atoms with Crippen LogP contribution in [0.15, 0.2) is 42.5 Å². The molecule has 1 nitrogen and oxygen atoms in total. The first kappa shape index (κ1) is 10.5. The second kappa shape index (κ2) is 3.97. The van der Waals surface area contributed by atoms with Crippen molar-refractivity contribution in [3.05, 3.63) is 53.0 Å². The molecule has 0 spiro atoms. The normalized spacial score (nSPS) is 10.9. The summed E-state index contributed by atoms with van der Waals surface area (Å²) >= 11 is 1.77. The first-order valence-corrected chi connectivity index (χ1v) is 6.49. The van der Waals surface area contributed by atoms with E-state index in [4.69, 9.17) is 0 Å². The summed E-state index contributed by atoms with van der Waals surface area (Å²) in [5.74, 6) is 0. The maximum atomic E-state index is 4.58. The second-order valence-corrected chi connectivity index (χ2v) is 5.46. The monoisotopic (exact) mass is 239 g/mol. The SMILES string of the molecule is Cc1cc(-c2ccccc2)c2sc(C)nc2c1. The Morgan fingerprint density at radius 3 is 2.53 bits per heavy atom. The van der Waals surface area contributed by atoms with Crippen LogP contribution in [0.4, 0.5) is 0 Å². The quantitative estimate of drug-likeness (QED) is 0.605. The fourth-order valence-electron chi connectivity index (χ4n) is 2.12. The highest BCUT2D eigenvalue weighted by Crippen LogP contribution is 2.33. The van der Waals surface area contributed by atoms with Gasteiger partial charge in [0.2, 0.25) is 0 Å². The van der Waals surface area contributed by atoms with Crippen LogP contribution in [-0.4, -0.2) is 4.98 Å². The molecule has 0 aliphatic carbocycles. The first-order chi connectivity index (χ1) is 8.24. The zero-order valence-electron chi connectivity index (χ0n) is 9.90. The number of hydrogen-bond acceptors (Lipinski definition) is 2. The number of aromatic nitrogens is 1. The van der Waals surface area contributed by atoms with E-state index in [9.17, 15) is 0 Å². The Morgan fingerprint density at radius 2 is 1.76 bits per heavy atom. The van der Waals surface area contributed by atoms with Gasteiger partial charge in [0.15, 0.2) is 0 Å².